The Balaban J connectivity index is 1.84. The lowest BCUT2D eigenvalue weighted by molar-refractivity contribution is -0.144. The zero-order valence-electron chi connectivity index (χ0n) is 15.5. The lowest BCUT2D eigenvalue weighted by Crippen LogP contribution is -2.16. The van der Waals surface area contributed by atoms with Crippen molar-refractivity contribution in [1.82, 2.24) is 0 Å². The maximum Gasteiger partial charge on any atom is 0.309 e. The highest BCUT2D eigenvalue weighted by atomic mass is 16.4. The van der Waals surface area contributed by atoms with E-state index < -0.39 is 5.97 Å². The Hall–Kier alpha value is -0.790. The van der Waals surface area contributed by atoms with Gasteiger partial charge in [0.1, 0.15) is 0 Å². The molecule has 1 aliphatic carbocycles. The third-order valence-electron chi connectivity index (χ3n) is 5.51. The van der Waals surface area contributed by atoms with Crippen molar-refractivity contribution < 1.29 is 9.90 Å². The van der Waals surface area contributed by atoms with E-state index in [1.807, 2.05) is 0 Å². The molecule has 1 N–H and O–H groups in total. The Bertz CT molecular complexity index is 348. The molecule has 2 heteroatoms. The zero-order valence-corrected chi connectivity index (χ0v) is 15.5. The molecule has 0 spiro atoms. The van der Waals surface area contributed by atoms with Gasteiger partial charge in [-0.05, 0) is 44.4 Å². The van der Waals surface area contributed by atoms with Crippen LogP contribution in [0.3, 0.4) is 0 Å². The van der Waals surface area contributed by atoms with Gasteiger partial charge in [-0.1, -0.05) is 77.4 Å². The van der Waals surface area contributed by atoms with Crippen LogP contribution in [0.4, 0.5) is 0 Å². The first-order chi connectivity index (χ1) is 11.1. The molecule has 0 aromatic heterocycles. The average Bonchev–Trinajstić information content (AvgIpc) is 3.19. The Morgan fingerprint density at radius 1 is 0.957 bits per heavy atom. The van der Waals surface area contributed by atoms with Gasteiger partial charge in [-0.3, -0.25) is 4.79 Å². The highest BCUT2D eigenvalue weighted by Gasteiger charge is 2.56. The van der Waals surface area contributed by atoms with Crippen molar-refractivity contribution in [3.05, 3.63) is 12.2 Å². The third-order valence-corrected chi connectivity index (χ3v) is 5.51. The van der Waals surface area contributed by atoms with E-state index in [9.17, 15) is 9.90 Å². The molecule has 23 heavy (non-hydrogen) atoms. The maximum absolute atomic E-state index is 11.2. The monoisotopic (exact) mass is 322 g/mol. The molecule has 134 valence electrons. The van der Waals surface area contributed by atoms with Crippen LogP contribution in [0.5, 0.6) is 0 Å². The van der Waals surface area contributed by atoms with Crippen molar-refractivity contribution in [2.45, 2.75) is 104 Å². The molecule has 0 radical (unpaired) electrons. The number of aliphatic carboxylic acids is 1. The van der Waals surface area contributed by atoms with Crippen molar-refractivity contribution in [2.75, 3.05) is 0 Å². The molecular formula is C21H38O2. The number of rotatable bonds is 15. The molecule has 0 heterocycles. The molecule has 0 saturated heterocycles. The van der Waals surface area contributed by atoms with Gasteiger partial charge in [-0.2, -0.15) is 0 Å². The number of hydrogen-bond acceptors (Lipinski definition) is 1. The van der Waals surface area contributed by atoms with Crippen LogP contribution in [0.15, 0.2) is 12.2 Å². The summed E-state index contributed by atoms with van der Waals surface area (Å²) in [5.74, 6) is -0.174. The number of carboxylic acids is 1. The minimum Gasteiger partial charge on any atom is -0.481 e. The van der Waals surface area contributed by atoms with Crippen molar-refractivity contribution in [3.8, 4) is 0 Å². The summed E-state index contributed by atoms with van der Waals surface area (Å²) in [6, 6.07) is 0. The summed E-state index contributed by atoms with van der Waals surface area (Å²) in [5, 5.41) is 9.27. The lowest BCUT2D eigenvalue weighted by atomic mass is 9.95. The number of carboxylic acid groups (broad SMARTS) is 1. The highest BCUT2D eigenvalue weighted by Crippen LogP contribution is 2.56. The van der Waals surface area contributed by atoms with Gasteiger partial charge < -0.3 is 5.11 Å². The molecule has 2 unspecified atom stereocenters. The van der Waals surface area contributed by atoms with E-state index in [4.69, 9.17) is 0 Å². The van der Waals surface area contributed by atoms with E-state index in [-0.39, 0.29) is 5.41 Å². The minimum atomic E-state index is -0.567. The molecule has 2 atom stereocenters. The van der Waals surface area contributed by atoms with Crippen LogP contribution in [-0.4, -0.2) is 11.1 Å². The Kier molecular flexibility index (Phi) is 10.3. The van der Waals surface area contributed by atoms with Gasteiger partial charge in [0.05, 0.1) is 5.41 Å². The van der Waals surface area contributed by atoms with Crippen LogP contribution in [0.1, 0.15) is 104 Å². The van der Waals surface area contributed by atoms with Gasteiger partial charge >= 0.3 is 5.97 Å². The third kappa shape index (κ3) is 8.04. The van der Waals surface area contributed by atoms with Crippen LogP contribution in [-0.2, 0) is 4.79 Å². The fourth-order valence-electron chi connectivity index (χ4n) is 3.58. The average molecular weight is 323 g/mol. The topological polar surface area (TPSA) is 37.3 Å². The van der Waals surface area contributed by atoms with E-state index in [0.29, 0.717) is 5.92 Å². The summed E-state index contributed by atoms with van der Waals surface area (Å²) in [5.41, 5.74) is -0.350. The number of unbranched alkanes of at least 4 members (excludes halogenated alkanes) is 10. The normalized spacial score (nSPS) is 23.5. The van der Waals surface area contributed by atoms with E-state index in [1.54, 1.807) is 0 Å². The van der Waals surface area contributed by atoms with Gasteiger partial charge in [0, 0.05) is 0 Å². The SMILES string of the molecule is CCCCCCCCC=CCCCCCCC1(C(=O)O)CC1C. The predicted molar refractivity (Wildman–Crippen MR) is 98.7 cm³/mol. The van der Waals surface area contributed by atoms with Crippen LogP contribution in [0, 0.1) is 11.3 Å². The van der Waals surface area contributed by atoms with Gasteiger partial charge in [-0.25, -0.2) is 0 Å². The van der Waals surface area contributed by atoms with Crippen molar-refractivity contribution in [2.24, 2.45) is 11.3 Å². The molecule has 0 amide bonds. The van der Waals surface area contributed by atoms with E-state index in [2.05, 4.69) is 26.0 Å². The quantitative estimate of drug-likeness (QED) is 0.267. The first-order valence-corrected chi connectivity index (χ1v) is 10.0. The summed E-state index contributed by atoms with van der Waals surface area (Å²) >= 11 is 0. The van der Waals surface area contributed by atoms with Crippen LogP contribution >= 0.6 is 0 Å². The summed E-state index contributed by atoms with van der Waals surface area (Å²) in [7, 11) is 0. The Morgan fingerprint density at radius 2 is 1.43 bits per heavy atom. The number of carbonyl (C=O) groups is 1. The van der Waals surface area contributed by atoms with Gasteiger partial charge in [0.25, 0.3) is 0 Å². The second-order valence-electron chi connectivity index (χ2n) is 7.55. The summed E-state index contributed by atoms with van der Waals surface area (Å²) in [6.45, 7) is 4.34. The van der Waals surface area contributed by atoms with Crippen LogP contribution in [0.2, 0.25) is 0 Å². The zero-order chi connectivity index (χ0) is 17.0. The second kappa shape index (κ2) is 11.7. The van der Waals surface area contributed by atoms with E-state index >= 15 is 0 Å². The van der Waals surface area contributed by atoms with Gasteiger partial charge in [0.2, 0.25) is 0 Å². The lowest BCUT2D eigenvalue weighted by Gasteiger charge is -2.10. The fourth-order valence-corrected chi connectivity index (χ4v) is 3.58. The smallest absolute Gasteiger partial charge is 0.309 e. The van der Waals surface area contributed by atoms with Gasteiger partial charge in [0.15, 0.2) is 0 Å². The van der Waals surface area contributed by atoms with E-state index in [0.717, 1.165) is 19.3 Å². The molecule has 2 nitrogen and oxygen atoms in total. The second-order valence-corrected chi connectivity index (χ2v) is 7.55. The first-order valence-electron chi connectivity index (χ1n) is 10.0. The number of allylic oxidation sites excluding steroid dienone is 2. The molecule has 1 aliphatic rings. The Labute approximate surface area is 143 Å². The van der Waals surface area contributed by atoms with Crippen molar-refractivity contribution in [3.63, 3.8) is 0 Å². The first kappa shape index (κ1) is 20.3. The molecule has 0 aliphatic heterocycles. The highest BCUT2D eigenvalue weighted by molar-refractivity contribution is 5.78. The van der Waals surface area contributed by atoms with Crippen molar-refractivity contribution in [1.29, 1.82) is 0 Å². The molecule has 1 rings (SSSR count). The maximum atomic E-state index is 11.2. The number of hydrogen-bond donors (Lipinski definition) is 1. The van der Waals surface area contributed by atoms with Gasteiger partial charge in [-0.15, -0.1) is 0 Å². The van der Waals surface area contributed by atoms with Crippen LogP contribution in [0.25, 0.3) is 0 Å². The largest absolute Gasteiger partial charge is 0.481 e. The summed E-state index contributed by atoms with van der Waals surface area (Å²) in [6.07, 6.45) is 21.9. The fraction of sp³-hybridized carbons (Fsp3) is 0.857. The molecule has 1 fully saturated rings. The molecule has 1 saturated carbocycles. The molecule has 0 bridgehead atoms. The standard InChI is InChI=1S/C21H38O2/c1-3-4-5-6-7-8-9-10-11-12-13-14-15-16-17-21(20(22)23)18-19(21)2/h10-11,19H,3-9,12-18H2,1-2H3,(H,22,23). The summed E-state index contributed by atoms with van der Waals surface area (Å²) in [4.78, 5) is 11.2. The minimum absolute atomic E-state index is 0.350. The molecule has 0 aromatic rings. The molecule has 0 aromatic carbocycles. The molecular weight excluding hydrogens is 284 g/mol. The predicted octanol–water partition coefficient (Wildman–Crippen LogP) is 6.74. The van der Waals surface area contributed by atoms with E-state index in [1.165, 1.54) is 70.6 Å². The Morgan fingerprint density at radius 3 is 1.91 bits per heavy atom. The summed E-state index contributed by atoms with van der Waals surface area (Å²) < 4.78 is 0. The van der Waals surface area contributed by atoms with Crippen LogP contribution < -0.4 is 0 Å². The van der Waals surface area contributed by atoms with Crippen molar-refractivity contribution >= 4 is 5.97 Å².